The molecule has 3 aromatic carbocycles. The summed E-state index contributed by atoms with van der Waals surface area (Å²) in [5.41, 5.74) is 0.642. The van der Waals surface area contributed by atoms with Crippen molar-refractivity contribution in [3.8, 4) is 0 Å². The molecule has 0 aromatic heterocycles. The van der Waals surface area contributed by atoms with Gasteiger partial charge in [0.1, 0.15) is 5.41 Å². The Bertz CT molecular complexity index is 1030. The summed E-state index contributed by atoms with van der Waals surface area (Å²) in [4.78, 5) is 39.7. The van der Waals surface area contributed by atoms with Gasteiger partial charge in [-0.15, -0.1) is 0 Å². The van der Waals surface area contributed by atoms with Crippen molar-refractivity contribution in [3.63, 3.8) is 0 Å². The molecular formula is C24H17ClO3. The Morgan fingerprint density at radius 3 is 1.86 bits per heavy atom. The van der Waals surface area contributed by atoms with E-state index in [0.717, 1.165) is 5.56 Å². The first-order valence-corrected chi connectivity index (χ1v) is 9.40. The summed E-state index contributed by atoms with van der Waals surface area (Å²) in [7, 11) is 0. The molecule has 0 radical (unpaired) electrons. The molecule has 138 valence electrons. The molecule has 1 aliphatic carbocycles. The number of hydrogen-bond donors (Lipinski definition) is 0. The van der Waals surface area contributed by atoms with Gasteiger partial charge in [-0.2, -0.15) is 0 Å². The van der Waals surface area contributed by atoms with Gasteiger partial charge in [-0.25, -0.2) is 0 Å². The van der Waals surface area contributed by atoms with Gasteiger partial charge in [0.25, 0.3) is 0 Å². The molecule has 0 bridgehead atoms. The van der Waals surface area contributed by atoms with E-state index in [4.69, 9.17) is 11.6 Å². The van der Waals surface area contributed by atoms with E-state index >= 15 is 0 Å². The van der Waals surface area contributed by atoms with E-state index in [1.807, 2.05) is 6.07 Å². The molecule has 0 unspecified atom stereocenters. The molecular weight excluding hydrogens is 372 g/mol. The minimum absolute atomic E-state index is 0.161. The zero-order valence-electron chi connectivity index (χ0n) is 15.0. The molecule has 0 saturated heterocycles. The van der Waals surface area contributed by atoms with Crippen molar-refractivity contribution in [3.05, 3.63) is 106 Å². The summed E-state index contributed by atoms with van der Waals surface area (Å²) >= 11 is 5.97. The number of rotatable bonds is 5. The number of ketones is 3. The predicted molar refractivity (Wildman–Crippen MR) is 108 cm³/mol. The molecule has 0 spiro atoms. The van der Waals surface area contributed by atoms with Crippen molar-refractivity contribution < 1.29 is 14.4 Å². The summed E-state index contributed by atoms with van der Waals surface area (Å²) < 4.78 is 0. The minimum atomic E-state index is -1.43. The number of Topliss-reactive ketones (excluding diaryl/α,β-unsaturated/α-hetero) is 3. The average molecular weight is 389 g/mol. The quantitative estimate of drug-likeness (QED) is 0.444. The first kappa shape index (κ1) is 18.3. The maximum atomic E-state index is 13.4. The molecule has 4 rings (SSSR count). The molecule has 3 nitrogen and oxygen atoms in total. The molecule has 0 amide bonds. The predicted octanol–water partition coefficient (Wildman–Crippen LogP) is 5.22. The second kappa shape index (κ2) is 7.17. The van der Waals surface area contributed by atoms with Crippen molar-refractivity contribution in [2.75, 3.05) is 0 Å². The third-order valence-electron chi connectivity index (χ3n) is 5.26. The molecule has 1 aliphatic rings. The third-order valence-corrected chi connectivity index (χ3v) is 5.51. The smallest absolute Gasteiger partial charge is 0.178 e. The van der Waals surface area contributed by atoms with Crippen molar-refractivity contribution in [2.45, 2.75) is 12.8 Å². The van der Waals surface area contributed by atoms with Crippen LogP contribution < -0.4 is 0 Å². The van der Waals surface area contributed by atoms with Crippen molar-refractivity contribution in [2.24, 2.45) is 5.41 Å². The van der Waals surface area contributed by atoms with Gasteiger partial charge in [0.2, 0.25) is 0 Å². The van der Waals surface area contributed by atoms with E-state index in [9.17, 15) is 14.4 Å². The second-order valence-electron chi connectivity index (χ2n) is 7.06. The van der Waals surface area contributed by atoms with Crippen LogP contribution in [0.5, 0.6) is 0 Å². The molecule has 3 aromatic rings. The Labute approximate surface area is 168 Å². The Morgan fingerprint density at radius 1 is 0.750 bits per heavy atom. The highest BCUT2D eigenvalue weighted by molar-refractivity contribution is 6.31. The molecule has 28 heavy (non-hydrogen) atoms. The van der Waals surface area contributed by atoms with Crippen LogP contribution in [0.15, 0.2) is 78.9 Å². The van der Waals surface area contributed by atoms with Crippen LogP contribution >= 0.6 is 11.6 Å². The van der Waals surface area contributed by atoms with E-state index in [-0.39, 0.29) is 30.2 Å². The van der Waals surface area contributed by atoms with E-state index in [1.54, 1.807) is 72.8 Å². The summed E-state index contributed by atoms with van der Waals surface area (Å²) in [5.74, 6) is -0.788. The zero-order valence-corrected chi connectivity index (χ0v) is 15.8. The fourth-order valence-corrected chi connectivity index (χ4v) is 3.96. The van der Waals surface area contributed by atoms with Crippen LogP contribution in [0.3, 0.4) is 0 Å². The second-order valence-corrected chi connectivity index (χ2v) is 7.49. The SMILES string of the molecule is O=C(CC1(Cc2ccc(Cl)cc2)C(=O)c2ccccc2C1=O)c1ccccc1. The topological polar surface area (TPSA) is 51.2 Å². The standard InChI is InChI=1S/C24H17ClO3/c25-18-12-10-16(11-13-18)14-24(15-21(26)17-6-2-1-3-7-17)22(27)19-8-4-5-9-20(19)23(24)28/h1-13H,14-15H2. The van der Waals surface area contributed by atoms with Crippen molar-refractivity contribution in [1.29, 1.82) is 0 Å². The van der Waals surface area contributed by atoms with Gasteiger partial charge in [0, 0.05) is 28.1 Å². The van der Waals surface area contributed by atoms with Crippen LogP contribution in [0, 0.1) is 5.41 Å². The normalized spacial score (nSPS) is 14.8. The lowest BCUT2D eigenvalue weighted by Crippen LogP contribution is -2.38. The van der Waals surface area contributed by atoms with E-state index in [1.165, 1.54) is 0 Å². The number of carbonyl (C=O) groups is 3. The lowest BCUT2D eigenvalue weighted by Gasteiger charge is -2.25. The number of halogens is 1. The summed E-state index contributed by atoms with van der Waals surface area (Å²) in [5, 5.41) is 0.575. The van der Waals surface area contributed by atoms with Gasteiger partial charge in [0.15, 0.2) is 17.3 Å². The van der Waals surface area contributed by atoms with Crippen molar-refractivity contribution in [1.82, 2.24) is 0 Å². The Kier molecular flexibility index (Phi) is 4.70. The summed E-state index contributed by atoms with van der Waals surface area (Å²) in [6.07, 6.45) is 0.00107. The zero-order chi connectivity index (χ0) is 19.7. The lowest BCUT2D eigenvalue weighted by molar-refractivity contribution is 0.0642. The maximum absolute atomic E-state index is 13.4. The summed E-state index contributed by atoms with van der Waals surface area (Å²) in [6, 6.07) is 22.6. The van der Waals surface area contributed by atoms with Gasteiger partial charge in [-0.3, -0.25) is 14.4 Å². The first-order chi connectivity index (χ1) is 13.5. The fraction of sp³-hybridized carbons (Fsp3) is 0.125. The van der Waals surface area contributed by atoms with Gasteiger partial charge in [-0.05, 0) is 24.1 Å². The van der Waals surface area contributed by atoms with E-state index in [2.05, 4.69) is 0 Å². The highest BCUT2D eigenvalue weighted by atomic mass is 35.5. The Hall–Kier alpha value is -3.04. The molecule has 0 heterocycles. The van der Waals surface area contributed by atoms with E-state index in [0.29, 0.717) is 21.7 Å². The summed E-state index contributed by atoms with van der Waals surface area (Å²) in [6.45, 7) is 0. The number of carbonyl (C=O) groups excluding carboxylic acids is 3. The first-order valence-electron chi connectivity index (χ1n) is 9.02. The van der Waals surface area contributed by atoms with Crippen LogP contribution in [-0.2, 0) is 6.42 Å². The maximum Gasteiger partial charge on any atom is 0.178 e. The Balaban J connectivity index is 1.78. The third kappa shape index (κ3) is 3.08. The number of benzene rings is 3. The number of hydrogen-bond acceptors (Lipinski definition) is 3. The molecule has 0 N–H and O–H groups in total. The lowest BCUT2D eigenvalue weighted by atomic mass is 9.72. The van der Waals surface area contributed by atoms with Crippen LogP contribution in [0.25, 0.3) is 0 Å². The highest BCUT2D eigenvalue weighted by Gasteiger charge is 2.53. The van der Waals surface area contributed by atoms with Crippen molar-refractivity contribution >= 4 is 29.0 Å². The fourth-order valence-electron chi connectivity index (χ4n) is 3.83. The van der Waals surface area contributed by atoms with Crippen LogP contribution in [0.4, 0.5) is 0 Å². The van der Waals surface area contributed by atoms with Gasteiger partial charge >= 0.3 is 0 Å². The number of fused-ring (bicyclic) bond motifs is 1. The average Bonchev–Trinajstić information content (AvgIpc) is 2.93. The largest absolute Gasteiger partial charge is 0.294 e. The molecule has 0 atom stereocenters. The Morgan fingerprint density at radius 2 is 1.29 bits per heavy atom. The van der Waals surface area contributed by atoms with Gasteiger partial charge < -0.3 is 0 Å². The van der Waals surface area contributed by atoms with Gasteiger partial charge in [0.05, 0.1) is 0 Å². The van der Waals surface area contributed by atoms with Crippen LogP contribution in [0.1, 0.15) is 43.1 Å². The van der Waals surface area contributed by atoms with Crippen LogP contribution in [-0.4, -0.2) is 17.3 Å². The van der Waals surface area contributed by atoms with E-state index < -0.39 is 5.41 Å². The molecule has 0 saturated carbocycles. The minimum Gasteiger partial charge on any atom is -0.294 e. The monoisotopic (exact) mass is 388 g/mol. The van der Waals surface area contributed by atoms with Crippen LogP contribution in [0.2, 0.25) is 5.02 Å². The molecule has 0 fully saturated rings. The van der Waals surface area contributed by atoms with Gasteiger partial charge in [-0.1, -0.05) is 78.3 Å². The highest BCUT2D eigenvalue weighted by Crippen LogP contribution is 2.43. The molecule has 4 heteroatoms. The molecule has 0 aliphatic heterocycles.